The summed E-state index contributed by atoms with van der Waals surface area (Å²) in [5.74, 6) is -2.51. The zero-order chi connectivity index (χ0) is 20.6. The van der Waals surface area contributed by atoms with Gasteiger partial charge in [0, 0.05) is 18.4 Å². The first kappa shape index (κ1) is 23.2. The summed E-state index contributed by atoms with van der Waals surface area (Å²) in [7, 11) is 0. The second-order valence-electron chi connectivity index (χ2n) is 7.66. The number of aliphatic hydroxyl groups excluding tert-OH is 2. The number of carbonyl (C=O) groups is 4. The van der Waals surface area contributed by atoms with Gasteiger partial charge in [-0.3, -0.25) is 19.2 Å². The number of rotatable bonds is 10. The lowest BCUT2D eigenvalue weighted by Crippen LogP contribution is -2.50. The van der Waals surface area contributed by atoms with Gasteiger partial charge in [0.05, 0.1) is 12.6 Å². The van der Waals surface area contributed by atoms with Gasteiger partial charge < -0.3 is 26.2 Å². The van der Waals surface area contributed by atoms with Gasteiger partial charge in [0.1, 0.15) is 6.10 Å². The van der Waals surface area contributed by atoms with Gasteiger partial charge in [-0.15, -0.1) is 0 Å². The minimum absolute atomic E-state index is 0.00365. The van der Waals surface area contributed by atoms with Crippen LogP contribution in [0.5, 0.6) is 0 Å². The van der Waals surface area contributed by atoms with E-state index in [1.807, 2.05) is 0 Å². The first-order valence-corrected chi connectivity index (χ1v) is 9.21. The van der Waals surface area contributed by atoms with Crippen molar-refractivity contribution in [1.29, 1.82) is 0 Å². The molecule has 0 aliphatic carbocycles. The fourth-order valence-corrected chi connectivity index (χ4v) is 2.90. The smallest absolute Gasteiger partial charge is 0.288 e. The van der Waals surface area contributed by atoms with E-state index in [-0.39, 0.29) is 31.3 Å². The standard InChI is InChI=1S/C18H31N3O6/c1-11(23)14(12-4-7-19-8-5-12)21-16(26)13(24)6-9-20-17(27)15(25)18(2,3)10-22/h12,14-15,19,22,25H,4-10H2,1-3H3,(H,20,27)(H,21,26). The molecule has 27 heavy (non-hydrogen) atoms. The molecule has 0 aromatic carbocycles. The fourth-order valence-electron chi connectivity index (χ4n) is 2.90. The van der Waals surface area contributed by atoms with Gasteiger partial charge in [0.2, 0.25) is 11.7 Å². The highest BCUT2D eigenvalue weighted by Gasteiger charge is 2.33. The SMILES string of the molecule is CC(=O)C(NC(=O)C(=O)CCNC(=O)C(O)C(C)(C)CO)C1CCNCC1. The molecule has 9 nitrogen and oxygen atoms in total. The van der Waals surface area contributed by atoms with Crippen LogP contribution in [0.2, 0.25) is 0 Å². The summed E-state index contributed by atoms with van der Waals surface area (Å²) >= 11 is 0. The predicted octanol–water partition coefficient (Wildman–Crippen LogP) is -1.49. The number of aliphatic hydroxyl groups is 2. The van der Waals surface area contributed by atoms with Gasteiger partial charge in [-0.2, -0.15) is 0 Å². The Kier molecular flexibility index (Phi) is 9.01. The van der Waals surface area contributed by atoms with E-state index >= 15 is 0 Å². The Morgan fingerprint density at radius 1 is 1.19 bits per heavy atom. The first-order valence-electron chi connectivity index (χ1n) is 9.21. The molecule has 0 aromatic heterocycles. The third-order valence-electron chi connectivity index (χ3n) is 4.88. The van der Waals surface area contributed by atoms with Crippen LogP contribution in [0.3, 0.4) is 0 Å². The van der Waals surface area contributed by atoms with Crippen molar-refractivity contribution >= 4 is 23.4 Å². The zero-order valence-electron chi connectivity index (χ0n) is 16.2. The molecule has 1 aliphatic rings. The molecule has 0 radical (unpaired) electrons. The van der Waals surface area contributed by atoms with Gasteiger partial charge in [-0.05, 0) is 38.8 Å². The zero-order valence-corrected chi connectivity index (χ0v) is 16.2. The number of ketones is 2. The summed E-state index contributed by atoms with van der Waals surface area (Å²) in [6.45, 7) is 5.46. The summed E-state index contributed by atoms with van der Waals surface area (Å²) in [6, 6.07) is -0.690. The molecular weight excluding hydrogens is 354 g/mol. The summed E-state index contributed by atoms with van der Waals surface area (Å²) in [6.07, 6.45) is -0.199. The third kappa shape index (κ3) is 7.00. The van der Waals surface area contributed by atoms with Crippen LogP contribution in [0.25, 0.3) is 0 Å². The Bertz CT molecular complexity index is 557. The van der Waals surface area contributed by atoms with Gasteiger partial charge in [0.15, 0.2) is 5.78 Å². The first-order chi connectivity index (χ1) is 12.6. The number of piperidine rings is 1. The molecule has 1 fully saturated rings. The van der Waals surface area contributed by atoms with Crippen LogP contribution < -0.4 is 16.0 Å². The largest absolute Gasteiger partial charge is 0.396 e. The van der Waals surface area contributed by atoms with Gasteiger partial charge in [-0.25, -0.2) is 0 Å². The molecular formula is C18H31N3O6. The van der Waals surface area contributed by atoms with Crippen molar-refractivity contribution in [3.05, 3.63) is 0 Å². The number of Topliss-reactive ketones (excluding diaryl/α,β-unsaturated/α-hetero) is 2. The molecule has 2 atom stereocenters. The Morgan fingerprint density at radius 2 is 1.78 bits per heavy atom. The molecule has 0 bridgehead atoms. The average Bonchev–Trinajstić information content (AvgIpc) is 2.65. The van der Waals surface area contributed by atoms with Crippen LogP contribution >= 0.6 is 0 Å². The third-order valence-corrected chi connectivity index (χ3v) is 4.88. The Labute approximate surface area is 159 Å². The summed E-state index contributed by atoms with van der Waals surface area (Å²) in [5.41, 5.74) is -1.02. The maximum Gasteiger partial charge on any atom is 0.288 e. The minimum atomic E-state index is -1.44. The molecule has 1 saturated heterocycles. The van der Waals surface area contributed by atoms with Crippen molar-refractivity contribution in [3.63, 3.8) is 0 Å². The monoisotopic (exact) mass is 385 g/mol. The number of hydrogen-bond acceptors (Lipinski definition) is 7. The number of carbonyl (C=O) groups excluding carboxylic acids is 4. The van der Waals surface area contributed by atoms with Crippen molar-refractivity contribution in [2.45, 2.75) is 52.2 Å². The van der Waals surface area contributed by atoms with Crippen LogP contribution in [-0.4, -0.2) is 72.0 Å². The highest BCUT2D eigenvalue weighted by atomic mass is 16.3. The summed E-state index contributed by atoms with van der Waals surface area (Å²) in [4.78, 5) is 47.8. The minimum Gasteiger partial charge on any atom is -0.396 e. The second-order valence-corrected chi connectivity index (χ2v) is 7.66. The number of hydrogen-bond donors (Lipinski definition) is 5. The van der Waals surface area contributed by atoms with Crippen LogP contribution in [0, 0.1) is 11.3 Å². The molecule has 1 rings (SSSR count). The van der Waals surface area contributed by atoms with Crippen LogP contribution in [0.15, 0.2) is 0 Å². The van der Waals surface area contributed by atoms with Crippen molar-refractivity contribution in [2.75, 3.05) is 26.2 Å². The highest BCUT2D eigenvalue weighted by Crippen LogP contribution is 2.19. The van der Waals surface area contributed by atoms with E-state index in [2.05, 4.69) is 16.0 Å². The predicted molar refractivity (Wildman–Crippen MR) is 97.7 cm³/mol. The van der Waals surface area contributed by atoms with Gasteiger partial charge in [-0.1, -0.05) is 13.8 Å². The lowest BCUT2D eigenvalue weighted by Gasteiger charge is -2.29. The summed E-state index contributed by atoms with van der Waals surface area (Å²) < 4.78 is 0. The number of amides is 2. The molecule has 1 aliphatic heterocycles. The summed E-state index contributed by atoms with van der Waals surface area (Å²) in [5, 5.41) is 27.1. The second kappa shape index (κ2) is 10.5. The maximum absolute atomic E-state index is 12.1. The van der Waals surface area contributed by atoms with Crippen molar-refractivity contribution in [2.24, 2.45) is 11.3 Å². The Morgan fingerprint density at radius 3 is 2.30 bits per heavy atom. The van der Waals surface area contributed by atoms with E-state index in [0.29, 0.717) is 0 Å². The van der Waals surface area contributed by atoms with Crippen molar-refractivity contribution in [1.82, 2.24) is 16.0 Å². The van der Waals surface area contributed by atoms with Crippen molar-refractivity contribution in [3.8, 4) is 0 Å². The fraction of sp³-hybridized carbons (Fsp3) is 0.778. The average molecular weight is 385 g/mol. The van der Waals surface area contributed by atoms with E-state index in [0.717, 1.165) is 25.9 Å². The Balaban J connectivity index is 2.48. The van der Waals surface area contributed by atoms with E-state index in [9.17, 15) is 24.3 Å². The molecule has 0 saturated carbocycles. The highest BCUT2D eigenvalue weighted by molar-refractivity contribution is 6.36. The number of nitrogens with one attached hydrogen (secondary N) is 3. The Hall–Kier alpha value is -1.84. The molecule has 0 spiro atoms. The normalized spacial score (nSPS) is 17.7. The van der Waals surface area contributed by atoms with Crippen molar-refractivity contribution < 1.29 is 29.4 Å². The molecule has 1 heterocycles. The lowest BCUT2D eigenvalue weighted by atomic mass is 9.87. The van der Waals surface area contributed by atoms with E-state index in [4.69, 9.17) is 5.11 Å². The maximum atomic E-state index is 12.1. The molecule has 0 aromatic rings. The van der Waals surface area contributed by atoms with E-state index < -0.39 is 35.2 Å². The van der Waals surface area contributed by atoms with Crippen LogP contribution in [0.4, 0.5) is 0 Å². The molecule has 5 N–H and O–H groups in total. The quantitative estimate of drug-likeness (QED) is 0.288. The van der Waals surface area contributed by atoms with E-state index in [1.54, 1.807) is 0 Å². The molecule has 2 unspecified atom stereocenters. The topological polar surface area (TPSA) is 145 Å². The lowest BCUT2D eigenvalue weighted by molar-refractivity contribution is -0.140. The van der Waals surface area contributed by atoms with E-state index in [1.165, 1.54) is 20.8 Å². The van der Waals surface area contributed by atoms with Crippen LogP contribution in [-0.2, 0) is 19.2 Å². The van der Waals surface area contributed by atoms with Crippen LogP contribution in [0.1, 0.15) is 40.0 Å². The molecule has 9 heteroatoms. The van der Waals surface area contributed by atoms with Gasteiger partial charge in [0.25, 0.3) is 5.91 Å². The molecule has 154 valence electrons. The molecule has 2 amide bonds. The van der Waals surface area contributed by atoms with Gasteiger partial charge >= 0.3 is 0 Å².